The molecule has 6 rings (SSSR count). The highest BCUT2D eigenvalue weighted by atomic mass is 16.2. The maximum atomic E-state index is 13.2. The van der Waals surface area contributed by atoms with Crippen LogP contribution in [0.15, 0.2) is 48.5 Å². The first-order chi connectivity index (χ1) is 13.2. The number of aromatic nitrogens is 1. The number of para-hydroxylation sites is 1. The van der Waals surface area contributed by atoms with Crippen LogP contribution in [0.5, 0.6) is 0 Å². The van der Waals surface area contributed by atoms with Crippen molar-refractivity contribution in [2.75, 3.05) is 0 Å². The Kier molecular flexibility index (Phi) is 2.91. The monoisotopic (exact) mass is 357 g/mol. The molecule has 2 aromatic carbocycles. The van der Waals surface area contributed by atoms with Crippen molar-refractivity contribution in [2.24, 2.45) is 0 Å². The van der Waals surface area contributed by atoms with Gasteiger partial charge in [-0.1, -0.05) is 36.4 Å². The van der Waals surface area contributed by atoms with E-state index < -0.39 is 6.04 Å². The molecule has 1 aromatic heterocycles. The van der Waals surface area contributed by atoms with Gasteiger partial charge in [-0.3, -0.25) is 9.59 Å². The summed E-state index contributed by atoms with van der Waals surface area (Å²) in [5.74, 6) is -0.0737. The van der Waals surface area contributed by atoms with E-state index in [1.54, 1.807) is 4.90 Å². The van der Waals surface area contributed by atoms with Crippen molar-refractivity contribution < 1.29 is 9.59 Å². The lowest BCUT2D eigenvalue weighted by Gasteiger charge is -2.37. The van der Waals surface area contributed by atoms with E-state index in [0.717, 1.165) is 40.6 Å². The molecule has 0 radical (unpaired) electrons. The van der Waals surface area contributed by atoms with E-state index in [2.05, 4.69) is 22.4 Å². The number of aromatic amines is 1. The van der Waals surface area contributed by atoms with Gasteiger partial charge in [0.2, 0.25) is 5.91 Å². The highest BCUT2D eigenvalue weighted by molar-refractivity contribution is 6.03. The van der Waals surface area contributed by atoms with Crippen molar-refractivity contribution in [1.82, 2.24) is 15.2 Å². The first kappa shape index (κ1) is 15.0. The third-order valence-corrected chi connectivity index (χ3v) is 6.08. The average Bonchev–Trinajstić information content (AvgIpc) is 3.35. The summed E-state index contributed by atoms with van der Waals surface area (Å²) in [5, 5.41) is 4.26. The van der Waals surface area contributed by atoms with Gasteiger partial charge in [0.05, 0.1) is 6.04 Å². The van der Waals surface area contributed by atoms with E-state index >= 15 is 0 Å². The molecule has 2 amide bonds. The second kappa shape index (κ2) is 5.22. The molecule has 3 heterocycles. The first-order valence-electron chi connectivity index (χ1n) is 9.54. The summed E-state index contributed by atoms with van der Waals surface area (Å²) in [5.41, 5.74) is 4.96. The molecule has 0 spiro atoms. The van der Waals surface area contributed by atoms with Gasteiger partial charge in [-0.2, -0.15) is 0 Å². The van der Waals surface area contributed by atoms with Crippen LogP contribution in [-0.4, -0.2) is 33.8 Å². The predicted molar refractivity (Wildman–Crippen MR) is 101 cm³/mol. The van der Waals surface area contributed by atoms with E-state index in [4.69, 9.17) is 0 Å². The zero-order valence-corrected chi connectivity index (χ0v) is 14.7. The number of nitrogens with one attached hydrogen (secondary N) is 2. The summed E-state index contributed by atoms with van der Waals surface area (Å²) in [7, 11) is 0. The molecule has 3 aromatic rings. The summed E-state index contributed by atoms with van der Waals surface area (Å²) in [6.07, 6.45) is 2.62. The predicted octanol–water partition coefficient (Wildman–Crippen LogP) is 2.92. The fourth-order valence-corrected chi connectivity index (χ4v) is 4.66. The van der Waals surface area contributed by atoms with Crippen LogP contribution >= 0.6 is 0 Å². The second-order valence-electron chi connectivity index (χ2n) is 7.77. The lowest BCUT2D eigenvalue weighted by molar-refractivity contribution is -0.126. The highest BCUT2D eigenvalue weighted by Crippen LogP contribution is 2.46. The number of nitrogens with zero attached hydrogens (tertiary/aromatic N) is 1. The van der Waals surface area contributed by atoms with Crippen molar-refractivity contribution in [3.05, 3.63) is 70.9 Å². The van der Waals surface area contributed by atoms with Gasteiger partial charge >= 0.3 is 0 Å². The Morgan fingerprint density at radius 3 is 2.70 bits per heavy atom. The number of carbonyl (C=O) groups is 2. The summed E-state index contributed by atoms with van der Waals surface area (Å²) in [6.45, 7) is 0. The minimum absolute atomic E-state index is 0.0282. The van der Waals surface area contributed by atoms with Gasteiger partial charge in [-0.25, -0.2) is 0 Å². The molecule has 0 unspecified atom stereocenters. The topological polar surface area (TPSA) is 65.2 Å². The lowest BCUT2D eigenvalue weighted by Crippen LogP contribution is -2.52. The smallest absolute Gasteiger partial charge is 0.255 e. The van der Waals surface area contributed by atoms with Crippen LogP contribution < -0.4 is 5.32 Å². The van der Waals surface area contributed by atoms with E-state index in [1.807, 2.05) is 36.4 Å². The number of fused-ring (bicyclic) bond motifs is 7. The first-order valence-corrected chi connectivity index (χ1v) is 9.54. The fraction of sp³-hybridized carbons (Fsp3) is 0.273. The minimum atomic E-state index is -0.470. The largest absolute Gasteiger partial charge is 0.356 e. The number of hydrogen-bond donors (Lipinski definition) is 2. The average molecular weight is 357 g/mol. The summed E-state index contributed by atoms with van der Waals surface area (Å²) < 4.78 is 0. The Labute approximate surface area is 156 Å². The molecule has 3 aliphatic rings. The molecule has 5 heteroatoms. The molecule has 2 atom stereocenters. The fourth-order valence-electron chi connectivity index (χ4n) is 4.66. The van der Waals surface area contributed by atoms with Crippen LogP contribution in [0.4, 0.5) is 0 Å². The summed E-state index contributed by atoms with van der Waals surface area (Å²) in [4.78, 5) is 31.6. The third-order valence-electron chi connectivity index (χ3n) is 6.08. The van der Waals surface area contributed by atoms with Crippen molar-refractivity contribution in [2.45, 2.75) is 37.4 Å². The van der Waals surface area contributed by atoms with Gasteiger partial charge < -0.3 is 15.2 Å². The maximum Gasteiger partial charge on any atom is 0.255 e. The summed E-state index contributed by atoms with van der Waals surface area (Å²) in [6, 6.07) is 15.5. The molecular weight excluding hydrogens is 338 g/mol. The number of hydrogen-bond acceptors (Lipinski definition) is 2. The van der Waals surface area contributed by atoms with Crippen molar-refractivity contribution >= 4 is 22.7 Å². The normalized spacial score (nSPS) is 23.1. The molecular formula is C22H19N3O2. The lowest BCUT2D eigenvalue weighted by atomic mass is 9.90. The van der Waals surface area contributed by atoms with Gasteiger partial charge in [-0.15, -0.1) is 0 Å². The van der Waals surface area contributed by atoms with Gasteiger partial charge in [0.1, 0.15) is 6.04 Å². The second-order valence-corrected chi connectivity index (χ2v) is 7.77. The van der Waals surface area contributed by atoms with Gasteiger partial charge in [0.15, 0.2) is 0 Å². The molecule has 134 valence electrons. The van der Waals surface area contributed by atoms with Crippen LogP contribution in [0.1, 0.15) is 46.1 Å². The van der Waals surface area contributed by atoms with Crippen LogP contribution in [0.25, 0.3) is 10.9 Å². The quantitative estimate of drug-likeness (QED) is 0.741. The number of amides is 2. The molecule has 0 saturated heterocycles. The molecule has 1 aliphatic carbocycles. The Morgan fingerprint density at radius 1 is 1.07 bits per heavy atom. The standard InChI is InChI=1S/C22H19N3O2/c26-21(23-12-9-10-12)18-11-16-13-5-3-4-8-17(13)24-19(16)20-14-6-1-2-7-15(14)22(27)25(18)20/h1-8,12,18,20,24H,9-11H2,(H,23,26)/t18-,20+/m1/s1. The zero-order valence-electron chi connectivity index (χ0n) is 14.7. The maximum absolute atomic E-state index is 13.2. The zero-order chi connectivity index (χ0) is 18.1. The molecule has 2 N–H and O–H groups in total. The Morgan fingerprint density at radius 2 is 1.85 bits per heavy atom. The SMILES string of the molecule is O=C(NC1CC1)[C@H]1Cc2c([nH]c3ccccc23)[C@@H]2c3ccccc3C(=O)N21. The molecule has 2 aliphatic heterocycles. The molecule has 1 saturated carbocycles. The Balaban J connectivity index is 1.56. The number of rotatable bonds is 2. The van der Waals surface area contributed by atoms with Crippen molar-refractivity contribution in [3.63, 3.8) is 0 Å². The van der Waals surface area contributed by atoms with Gasteiger partial charge in [-0.05, 0) is 36.1 Å². The number of benzene rings is 2. The summed E-state index contributed by atoms with van der Waals surface area (Å²) >= 11 is 0. The van der Waals surface area contributed by atoms with E-state index in [9.17, 15) is 9.59 Å². The van der Waals surface area contributed by atoms with Crippen LogP contribution in [-0.2, 0) is 11.2 Å². The molecule has 1 fully saturated rings. The van der Waals surface area contributed by atoms with Gasteiger partial charge in [0.25, 0.3) is 5.91 Å². The number of carbonyl (C=O) groups excluding carboxylic acids is 2. The molecule has 27 heavy (non-hydrogen) atoms. The minimum Gasteiger partial charge on any atom is -0.356 e. The van der Waals surface area contributed by atoms with E-state index in [-0.39, 0.29) is 23.9 Å². The van der Waals surface area contributed by atoms with Crippen molar-refractivity contribution in [3.8, 4) is 0 Å². The van der Waals surface area contributed by atoms with Crippen molar-refractivity contribution in [1.29, 1.82) is 0 Å². The highest BCUT2D eigenvalue weighted by Gasteiger charge is 2.49. The van der Waals surface area contributed by atoms with Crippen LogP contribution in [0, 0.1) is 0 Å². The third kappa shape index (κ3) is 2.05. The van der Waals surface area contributed by atoms with Crippen LogP contribution in [0.2, 0.25) is 0 Å². The van der Waals surface area contributed by atoms with Crippen LogP contribution in [0.3, 0.4) is 0 Å². The van der Waals surface area contributed by atoms with E-state index in [0.29, 0.717) is 12.0 Å². The van der Waals surface area contributed by atoms with Gasteiger partial charge in [0, 0.05) is 34.6 Å². The number of H-pyrrole nitrogens is 1. The Bertz CT molecular complexity index is 1110. The molecule has 0 bridgehead atoms. The molecule has 5 nitrogen and oxygen atoms in total. The Hall–Kier alpha value is -3.08. The van der Waals surface area contributed by atoms with E-state index in [1.165, 1.54) is 0 Å².